The predicted octanol–water partition coefficient (Wildman–Crippen LogP) is 2.57. The number of ether oxygens (including phenoxy) is 1. The summed E-state index contributed by atoms with van der Waals surface area (Å²) in [5.41, 5.74) is 0. The number of unbranched alkanes of at least 4 members (excludes halogenated alkanes) is 2. The zero-order chi connectivity index (χ0) is 12.9. The van der Waals surface area contributed by atoms with Crippen molar-refractivity contribution in [1.29, 1.82) is 0 Å². The fourth-order valence-corrected chi connectivity index (χ4v) is 1.32. The topological polar surface area (TPSA) is 29.3 Å². The van der Waals surface area contributed by atoms with Crippen molar-refractivity contribution in [1.82, 2.24) is 0 Å². The Kier molecular flexibility index (Phi) is 10.2. The lowest BCUT2D eigenvalue weighted by Crippen LogP contribution is -2.20. The number of hydrogen-bond donors (Lipinski definition) is 0. The Hall–Kier alpha value is -1.38. The summed E-state index contributed by atoms with van der Waals surface area (Å²) in [5.74, 6) is -0.295. The third-order valence-corrected chi connectivity index (χ3v) is 2.17. The van der Waals surface area contributed by atoms with E-state index in [2.05, 4.69) is 25.7 Å². The molecule has 0 aliphatic carbocycles. The van der Waals surface area contributed by atoms with E-state index in [9.17, 15) is 4.79 Å². The van der Waals surface area contributed by atoms with Crippen LogP contribution in [0, 0.1) is 0 Å². The molecule has 0 bridgehead atoms. The Morgan fingerprint density at radius 1 is 1.29 bits per heavy atom. The van der Waals surface area contributed by atoms with Crippen LogP contribution in [-0.2, 0) is 9.53 Å². The summed E-state index contributed by atoms with van der Waals surface area (Å²) in [5, 5.41) is 0. The van der Waals surface area contributed by atoms with E-state index in [1.807, 2.05) is 4.58 Å². The number of hydrogen-bond acceptors (Lipinski definition) is 2. The highest BCUT2D eigenvalue weighted by molar-refractivity contribution is 6.20. The number of carbonyl (C=O) groups is 1. The van der Waals surface area contributed by atoms with E-state index in [4.69, 9.17) is 4.74 Å². The average Bonchev–Trinajstić information content (AvgIpc) is 2.29. The summed E-state index contributed by atoms with van der Waals surface area (Å²) in [7, 11) is 0. The molecule has 0 aliphatic rings. The molecular weight excluding hydrogens is 214 g/mol. The molecule has 3 heteroatoms. The maximum Gasteiger partial charge on any atom is 0.395 e. The minimum Gasteiger partial charge on any atom is -0.459 e. The molecule has 0 rings (SSSR count). The Morgan fingerprint density at radius 2 is 2.06 bits per heavy atom. The van der Waals surface area contributed by atoms with Crippen LogP contribution in [0.3, 0.4) is 0 Å². The molecular formula is C14H24NO2+. The average molecular weight is 238 g/mol. The number of rotatable bonds is 9. The lowest BCUT2D eigenvalue weighted by atomic mass is 10.2. The first-order chi connectivity index (χ1) is 8.24. The lowest BCUT2D eigenvalue weighted by molar-refractivity contribution is -0.502. The monoisotopic (exact) mass is 238 g/mol. The van der Waals surface area contributed by atoms with Gasteiger partial charge >= 0.3 is 5.97 Å². The fraction of sp³-hybridized carbons (Fsp3) is 0.571. The minimum absolute atomic E-state index is 0.295. The third-order valence-electron chi connectivity index (χ3n) is 2.17. The van der Waals surface area contributed by atoms with Crippen LogP contribution in [0.25, 0.3) is 0 Å². The summed E-state index contributed by atoms with van der Waals surface area (Å²) in [6.45, 7) is 9.42. The smallest absolute Gasteiger partial charge is 0.395 e. The van der Waals surface area contributed by atoms with E-state index in [1.54, 1.807) is 13.0 Å². The highest BCUT2D eigenvalue weighted by atomic mass is 16.5. The van der Waals surface area contributed by atoms with Gasteiger partial charge in [-0.3, -0.25) is 0 Å². The maximum absolute atomic E-state index is 11.3. The molecule has 96 valence electrons. The number of nitrogens with zero attached hydrogens (tertiary/aromatic N) is 1. The van der Waals surface area contributed by atoms with Gasteiger partial charge in [-0.05, 0) is 25.5 Å². The van der Waals surface area contributed by atoms with E-state index >= 15 is 0 Å². The highest BCUT2D eigenvalue weighted by Crippen LogP contribution is 1.94. The van der Waals surface area contributed by atoms with Crippen molar-refractivity contribution in [3.05, 3.63) is 24.8 Å². The molecule has 3 nitrogen and oxygen atoms in total. The second-order valence-electron chi connectivity index (χ2n) is 3.74. The Morgan fingerprint density at radius 3 is 2.65 bits per heavy atom. The van der Waals surface area contributed by atoms with Gasteiger partial charge in [0.15, 0.2) is 13.1 Å². The molecule has 0 heterocycles. The summed E-state index contributed by atoms with van der Waals surface area (Å²) in [6.07, 6.45) is 11.0. The quantitative estimate of drug-likeness (QED) is 0.203. The molecule has 0 amide bonds. The summed E-state index contributed by atoms with van der Waals surface area (Å²) in [6, 6.07) is 0. The van der Waals surface area contributed by atoms with Crippen LogP contribution < -0.4 is 0 Å². The van der Waals surface area contributed by atoms with E-state index in [-0.39, 0.29) is 5.97 Å². The predicted molar refractivity (Wildman–Crippen MR) is 71.6 cm³/mol. The molecule has 0 unspecified atom stereocenters. The van der Waals surface area contributed by atoms with Crippen LogP contribution in [0.4, 0.5) is 0 Å². The first-order valence-corrected chi connectivity index (χ1v) is 6.26. The molecule has 0 saturated heterocycles. The van der Waals surface area contributed by atoms with Gasteiger partial charge in [0.05, 0.1) is 6.61 Å². The number of carbonyl (C=O) groups excluding carboxylic acids is 1. The van der Waals surface area contributed by atoms with Crippen LogP contribution in [0.2, 0.25) is 0 Å². The number of allylic oxidation sites excluding steroid dienone is 1. The molecule has 0 aromatic carbocycles. The Labute approximate surface area is 104 Å². The van der Waals surface area contributed by atoms with Crippen molar-refractivity contribution in [3.63, 3.8) is 0 Å². The van der Waals surface area contributed by atoms with Crippen LogP contribution >= 0.6 is 0 Å². The molecule has 0 saturated carbocycles. The molecule has 0 aromatic rings. The van der Waals surface area contributed by atoms with Gasteiger partial charge in [0.25, 0.3) is 0 Å². The van der Waals surface area contributed by atoms with Gasteiger partial charge in [0.1, 0.15) is 0 Å². The molecule has 0 N–H and O–H groups in total. The van der Waals surface area contributed by atoms with Crippen molar-refractivity contribution in [2.24, 2.45) is 0 Å². The Bertz CT molecular complexity index is 280. The summed E-state index contributed by atoms with van der Waals surface area (Å²) in [4.78, 5) is 11.3. The van der Waals surface area contributed by atoms with Gasteiger partial charge < -0.3 is 4.74 Å². The second-order valence-corrected chi connectivity index (χ2v) is 3.74. The van der Waals surface area contributed by atoms with Crippen LogP contribution in [0.5, 0.6) is 0 Å². The van der Waals surface area contributed by atoms with Crippen LogP contribution in [0.15, 0.2) is 24.8 Å². The molecule has 0 atom stereocenters. The van der Waals surface area contributed by atoms with Crippen molar-refractivity contribution in [2.75, 3.05) is 19.7 Å². The molecule has 17 heavy (non-hydrogen) atoms. The second kappa shape index (κ2) is 11.1. The summed E-state index contributed by atoms with van der Waals surface area (Å²) >= 11 is 0. The minimum atomic E-state index is -0.295. The molecule has 0 aliphatic heterocycles. The largest absolute Gasteiger partial charge is 0.459 e. The molecule has 0 fully saturated rings. The van der Waals surface area contributed by atoms with Crippen molar-refractivity contribution in [3.8, 4) is 0 Å². The van der Waals surface area contributed by atoms with Gasteiger partial charge in [-0.15, -0.1) is 0 Å². The zero-order valence-electron chi connectivity index (χ0n) is 11.0. The van der Waals surface area contributed by atoms with Gasteiger partial charge in [0.2, 0.25) is 6.21 Å². The maximum atomic E-state index is 11.3. The molecule has 0 aromatic heterocycles. The normalized spacial score (nSPS) is 11.8. The van der Waals surface area contributed by atoms with Crippen LogP contribution in [-0.4, -0.2) is 36.5 Å². The first kappa shape index (κ1) is 15.6. The van der Waals surface area contributed by atoms with Crippen LogP contribution in [0.1, 0.15) is 33.1 Å². The van der Waals surface area contributed by atoms with Crippen molar-refractivity contribution in [2.45, 2.75) is 33.1 Å². The zero-order valence-corrected chi connectivity index (χ0v) is 11.0. The third kappa shape index (κ3) is 9.54. The summed E-state index contributed by atoms with van der Waals surface area (Å²) < 4.78 is 6.75. The van der Waals surface area contributed by atoms with E-state index in [1.165, 1.54) is 19.1 Å². The van der Waals surface area contributed by atoms with Gasteiger partial charge in [0, 0.05) is 0 Å². The van der Waals surface area contributed by atoms with E-state index in [0.29, 0.717) is 19.7 Å². The highest BCUT2D eigenvalue weighted by Gasteiger charge is 2.05. The lowest BCUT2D eigenvalue weighted by Gasteiger charge is -1.98. The standard InChI is InChI=1S/C14H24NO2/c1-4-7-8-9-10-12-15(11-5-2)13-14(16)17-6-3/h5,9-10,13H,2,4,6-8,11-12H2,1,3H3/q+1. The van der Waals surface area contributed by atoms with Crippen molar-refractivity contribution >= 4 is 12.2 Å². The van der Waals surface area contributed by atoms with E-state index in [0.717, 1.165) is 6.42 Å². The van der Waals surface area contributed by atoms with E-state index < -0.39 is 0 Å². The van der Waals surface area contributed by atoms with Gasteiger partial charge in [-0.2, -0.15) is 0 Å². The number of esters is 1. The van der Waals surface area contributed by atoms with Gasteiger partial charge in [-0.25, -0.2) is 9.37 Å². The van der Waals surface area contributed by atoms with Crippen molar-refractivity contribution < 1.29 is 14.1 Å². The molecule has 0 radical (unpaired) electrons. The SMILES string of the molecule is C=CC[N+](=CC(=O)OCC)CC=CCCCC. The fourth-order valence-electron chi connectivity index (χ4n) is 1.32. The molecule has 0 spiro atoms. The van der Waals surface area contributed by atoms with Gasteiger partial charge in [-0.1, -0.05) is 32.4 Å². The first-order valence-electron chi connectivity index (χ1n) is 6.26. The Balaban J connectivity index is 4.18.